The summed E-state index contributed by atoms with van der Waals surface area (Å²) in [4.78, 5) is 20.8. The molecule has 1 aliphatic heterocycles. The van der Waals surface area contributed by atoms with Crippen LogP contribution in [0.3, 0.4) is 0 Å². The number of rotatable bonds is 1. The molecule has 0 fully saturated rings. The fraction of sp³-hybridized carbons (Fsp3) is 0.182. The third kappa shape index (κ3) is 1.76. The number of nitrogens with zero attached hydrogens (tertiary/aromatic N) is 2. The summed E-state index contributed by atoms with van der Waals surface area (Å²) in [6.45, 7) is 0. The fourth-order valence-electron chi connectivity index (χ4n) is 1.99. The maximum absolute atomic E-state index is 11.6. The first-order valence-corrected chi connectivity index (χ1v) is 6.01. The van der Waals surface area contributed by atoms with Crippen molar-refractivity contribution in [2.75, 3.05) is 11.1 Å². The van der Waals surface area contributed by atoms with E-state index >= 15 is 0 Å². The summed E-state index contributed by atoms with van der Waals surface area (Å²) in [5.74, 6) is 0.580. The largest absolute Gasteiger partial charge is 0.375 e. The van der Waals surface area contributed by atoms with Gasteiger partial charge in [-0.05, 0) is 11.6 Å². The second-order valence-corrected chi connectivity index (χ2v) is 4.92. The van der Waals surface area contributed by atoms with Crippen LogP contribution in [-0.4, -0.2) is 15.9 Å². The number of pyridine rings is 1. The van der Waals surface area contributed by atoms with Crippen LogP contribution in [-0.2, 0) is 4.79 Å². The molecule has 0 saturated carbocycles. The average molecular weight is 246 g/mol. The van der Waals surface area contributed by atoms with Crippen LogP contribution < -0.4 is 11.1 Å². The standard InChI is InChI=1S/C11H10N4OS/c12-11-15-10-9(17-11)7(4-8(16)14-10)6-2-1-3-13-5-6/h1-3,5,7H,4H2,(H2,12,15)(H,14,16). The van der Waals surface area contributed by atoms with E-state index in [1.54, 1.807) is 12.4 Å². The Labute approximate surface area is 102 Å². The molecule has 3 heterocycles. The number of carbonyl (C=O) groups excluding carboxylic acids is 1. The summed E-state index contributed by atoms with van der Waals surface area (Å²) in [7, 11) is 0. The van der Waals surface area contributed by atoms with E-state index in [1.807, 2.05) is 12.1 Å². The van der Waals surface area contributed by atoms with Crippen LogP contribution in [0.1, 0.15) is 22.8 Å². The van der Waals surface area contributed by atoms with Crippen molar-refractivity contribution >= 4 is 28.2 Å². The first kappa shape index (κ1) is 10.2. The van der Waals surface area contributed by atoms with Crippen LogP contribution in [0.2, 0.25) is 0 Å². The molecular weight excluding hydrogens is 236 g/mol. The van der Waals surface area contributed by atoms with E-state index in [-0.39, 0.29) is 11.8 Å². The summed E-state index contributed by atoms with van der Waals surface area (Å²) in [6.07, 6.45) is 3.91. The van der Waals surface area contributed by atoms with Gasteiger partial charge in [-0.1, -0.05) is 17.4 Å². The first-order chi connectivity index (χ1) is 8.24. The highest BCUT2D eigenvalue weighted by atomic mass is 32.1. The molecule has 0 aliphatic carbocycles. The summed E-state index contributed by atoms with van der Waals surface area (Å²) in [6, 6.07) is 3.84. The average Bonchev–Trinajstić information content (AvgIpc) is 2.69. The number of nitrogens with one attached hydrogen (secondary N) is 1. The van der Waals surface area contributed by atoms with Crippen LogP contribution >= 0.6 is 11.3 Å². The molecule has 1 aliphatic rings. The molecule has 3 rings (SSSR count). The lowest BCUT2D eigenvalue weighted by Gasteiger charge is -2.21. The zero-order chi connectivity index (χ0) is 11.8. The van der Waals surface area contributed by atoms with Crippen LogP contribution in [0.4, 0.5) is 10.9 Å². The van der Waals surface area contributed by atoms with Crippen LogP contribution in [0.15, 0.2) is 24.5 Å². The summed E-state index contributed by atoms with van der Waals surface area (Å²) < 4.78 is 0. The quantitative estimate of drug-likeness (QED) is 0.800. The van der Waals surface area contributed by atoms with Gasteiger partial charge in [-0.25, -0.2) is 4.98 Å². The van der Waals surface area contributed by atoms with Crippen LogP contribution in [0, 0.1) is 0 Å². The molecule has 6 heteroatoms. The molecule has 17 heavy (non-hydrogen) atoms. The molecule has 1 atom stereocenters. The number of hydrogen-bond acceptors (Lipinski definition) is 5. The number of fused-ring (bicyclic) bond motifs is 1. The van der Waals surface area contributed by atoms with Gasteiger partial charge in [0.1, 0.15) is 5.82 Å². The van der Waals surface area contributed by atoms with Gasteiger partial charge in [0.15, 0.2) is 5.13 Å². The highest BCUT2D eigenvalue weighted by Crippen LogP contribution is 2.40. The SMILES string of the molecule is Nc1nc2c(s1)C(c1cccnc1)CC(=O)N2. The molecule has 2 aromatic rings. The number of hydrogen-bond donors (Lipinski definition) is 2. The number of nitrogen functional groups attached to an aromatic ring is 1. The van der Waals surface area contributed by atoms with Crippen molar-refractivity contribution in [3.8, 4) is 0 Å². The summed E-state index contributed by atoms with van der Waals surface area (Å²) in [5.41, 5.74) is 6.71. The molecule has 0 bridgehead atoms. The zero-order valence-corrected chi connectivity index (χ0v) is 9.70. The van der Waals surface area contributed by atoms with E-state index in [0.717, 1.165) is 10.4 Å². The second-order valence-electron chi connectivity index (χ2n) is 3.86. The van der Waals surface area contributed by atoms with Crippen LogP contribution in [0.25, 0.3) is 0 Å². The minimum absolute atomic E-state index is 0.0160. The maximum Gasteiger partial charge on any atom is 0.226 e. The topological polar surface area (TPSA) is 80.9 Å². The third-order valence-electron chi connectivity index (χ3n) is 2.72. The van der Waals surface area contributed by atoms with Gasteiger partial charge >= 0.3 is 0 Å². The van der Waals surface area contributed by atoms with Gasteiger partial charge in [-0.2, -0.15) is 0 Å². The highest BCUT2D eigenvalue weighted by molar-refractivity contribution is 7.16. The Morgan fingerprint density at radius 2 is 2.41 bits per heavy atom. The number of anilines is 2. The van der Waals surface area contributed by atoms with Gasteiger partial charge in [-0.3, -0.25) is 9.78 Å². The number of aromatic nitrogens is 2. The monoisotopic (exact) mass is 246 g/mol. The molecule has 3 N–H and O–H groups in total. The molecule has 0 aromatic carbocycles. The predicted octanol–water partition coefficient (Wildman–Crippen LogP) is 1.59. The van der Waals surface area contributed by atoms with Crippen molar-refractivity contribution in [3.63, 3.8) is 0 Å². The smallest absolute Gasteiger partial charge is 0.226 e. The van der Waals surface area contributed by atoms with Crippen molar-refractivity contribution in [2.24, 2.45) is 0 Å². The predicted molar refractivity (Wildman–Crippen MR) is 65.9 cm³/mol. The van der Waals surface area contributed by atoms with Crippen molar-refractivity contribution in [1.82, 2.24) is 9.97 Å². The van der Waals surface area contributed by atoms with Gasteiger partial charge in [-0.15, -0.1) is 0 Å². The molecule has 2 aromatic heterocycles. The van der Waals surface area contributed by atoms with E-state index in [9.17, 15) is 4.79 Å². The van der Waals surface area contributed by atoms with Gasteiger partial charge < -0.3 is 11.1 Å². The number of amides is 1. The lowest BCUT2D eigenvalue weighted by molar-refractivity contribution is -0.116. The van der Waals surface area contributed by atoms with Gasteiger partial charge in [0.2, 0.25) is 5.91 Å². The Kier molecular flexibility index (Phi) is 2.29. The molecule has 1 amide bonds. The molecule has 0 saturated heterocycles. The second kappa shape index (κ2) is 3.81. The van der Waals surface area contributed by atoms with E-state index in [4.69, 9.17) is 5.73 Å². The van der Waals surface area contributed by atoms with Crippen molar-refractivity contribution in [2.45, 2.75) is 12.3 Å². The van der Waals surface area contributed by atoms with Gasteiger partial charge in [0.05, 0.1) is 4.88 Å². The maximum atomic E-state index is 11.6. The van der Waals surface area contributed by atoms with Crippen molar-refractivity contribution < 1.29 is 4.79 Å². The number of thiazole rings is 1. The molecule has 0 spiro atoms. The molecule has 1 unspecified atom stereocenters. The minimum Gasteiger partial charge on any atom is -0.375 e. The zero-order valence-electron chi connectivity index (χ0n) is 8.88. The molecule has 5 nitrogen and oxygen atoms in total. The van der Waals surface area contributed by atoms with E-state index in [0.29, 0.717) is 17.4 Å². The van der Waals surface area contributed by atoms with E-state index in [2.05, 4.69) is 15.3 Å². The summed E-state index contributed by atoms with van der Waals surface area (Å²) in [5, 5.41) is 3.22. The Bertz CT molecular complexity index is 566. The minimum atomic E-state index is -0.0309. The third-order valence-corrected chi connectivity index (χ3v) is 3.72. The fourth-order valence-corrected chi connectivity index (χ4v) is 2.90. The number of nitrogens with two attached hydrogens (primary N) is 1. The van der Waals surface area contributed by atoms with Gasteiger partial charge in [0.25, 0.3) is 0 Å². The Morgan fingerprint density at radius 1 is 1.53 bits per heavy atom. The van der Waals surface area contributed by atoms with Crippen molar-refractivity contribution in [1.29, 1.82) is 0 Å². The summed E-state index contributed by atoms with van der Waals surface area (Å²) >= 11 is 1.42. The van der Waals surface area contributed by atoms with Crippen molar-refractivity contribution in [3.05, 3.63) is 35.0 Å². The molecule has 86 valence electrons. The van der Waals surface area contributed by atoms with E-state index in [1.165, 1.54) is 11.3 Å². The first-order valence-electron chi connectivity index (χ1n) is 5.20. The number of carbonyl (C=O) groups is 1. The lowest BCUT2D eigenvalue weighted by atomic mass is 9.93. The van der Waals surface area contributed by atoms with Gasteiger partial charge in [0, 0.05) is 24.7 Å². The Morgan fingerprint density at radius 3 is 3.18 bits per heavy atom. The lowest BCUT2D eigenvalue weighted by Crippen LogP contribution is -2.22. The van der Waals surface area contributed by atoms with Crippen LogP contribution in [0.5, 0.6) is 0 Å². The van der Waals surface area contributed by atoms with E-state index < -0.39 is 0 Å². The normalized spacial score (nSPS) is 18.6. The highest BCUT2D eigenvalue weighted by Gasteiger charge is 2.29. The Balaban J connectivity index is 2.09. The molecular formula is C11H10N4OS. The molecule has 0 radical (unpaired) electrons. The Hall–Kier alpha value is -1.95.